The third-order valence-corrected chi connectivity index (χ3v) is 4.43. The number of nitrogens with zero attached hydrogens (tertiary/aromatic N) is 2. The molecule has 1 aliphatic heterocycles. The van der Waals surface area contributed by atoms with Gasteiger partial charge < -0.3 is 5.32 Å². The Balaban J connectivity index is 1.65. The van der Waals surface area contributed by atoms with Crippen LogP contribution in [0.5, 0.6) is 0 Å². The molecule has 138 valence electrons. The number of rotatable bonds is 5. The Bertz CT molecular complexity index is 890. The first-order chi connectivity index (χ1) is 12.6. The van der Waals surface area contributed by atoms with Gasteiger partial charge in [0.25, 0.3) is 11.5 Å². The highest BCUT2D eigenvalue weighted by atomic mass is 16.2. The number of aryl methyl sites for hydroxylation is 1. The number of aromatic nitrogens is 2. The Morgan fingerprint density at radius 3 is 2.88 bits per heavy atom. The molecule has 1 aliphatic rings. The number of nitrogens with one attached hydrogen (secondary N) is 3. The Morgan fingerprint density at radius 1 is 1.23 bits per heavy atom. The van der Waals surface area contributed by atoms with Gasteiger partial charge >= 0.3 is 6.03 Å². The van der Waals surface area contributed by atoms with Gasteiger partial charge in [-0.25, -0.2) is 15.2 Å². The highest BCUT2D eigenvalue weighted by Crippen LogP contribution is 2.16. The number of benzene rings is 1. The lowest BCUT2D eigenvalue weighted by atomic mass is 10.1. The number of unbranched alkanes of at least 4 members (excludes halogenated alkanes) is 2. The van der Waals surface area contributed by atoms with Crippen molar-refractivity contribution in [3.8, 4) is 0 Å². The van der Waals surface area contributed by atoms with E-state index in [0.29, 0.717) is 29.6 Å². The van der Waals surface area contributed by atoms with Crippen molar-refractivity contribution in [2.45, 2.75) is 45.6 Å². The van der Waals surface area contributed by atoms with E-state index in [1.807, 2.05) is 0 Å². The second-order valence-corrected chi connectivity index (χ2v) is 6.36. The molecular formula is C18H23N5O3. The molecule has 3 N–H and O–H groups in total. The average molecular weight is 357 g/mol. The smallest absolute Gasteiger partial charge is 0.333 e. The van der Waals surface area contributed by atoms with Gasteiger partial charge in [-0.3, -0.25) is 19.6 Å². The van der Waals surface area contributed by atoms with Gasteiger partial charge in [0.05, 0.1) is 10.9 Å². The van der Waals surface area contributed by atoms with Crippen LogP contribution >= 0.6 is 0 Å². The summed E-state index contributed by atoms with van der Waals surface area (Å²) in [5.41, 5.74) is 5.44. The van der Waals surface area contributed by atoms with E-state index < -0.39 is 11.9 Å². The lowest BCUT2D eigenvalue weighted by Gasteiger charge is -2.10. The number of carbonyl (C=O) groups excluding carboxylic acids is 2. The molecule has 0 saturated carbocycles. The van der Waals surface area contributed by atoms with E-state index in [9.17, 15) is 14.4 Å². The number of hydrogen-bond acceptors (Lipinski definition) is 4. The van der Waals surface area contributed by atoms with Crippen molar-refractivity contribution >= 4 is 22.8 Å². The monoisotopic (exact) mass is 357 g/mol. The fourth-order valence-corrected chi connectivity index (χ4v) is 3.03. The van der Waals surface area contributed by atoms with Crippen molar-refractivity contribution in [1.82, 2.24) is 25.7 Å². The van der Waals surface area contributed by atoms with E-state index >= 15 is 0 Å². The van der Waals surface area contributed by atoms with Gasteiger partial charge in [0, 0.05) is 25.1 Å². The van der Waals surface area contributed by atoms with E-state index in [1.165, 1.54) is 0 Å². The Morgan fingerprint density at radius 2 is 2.08 bits per heavy atom. The summed E-state index contributed by atoms with van der Waals surface area (Å²) in [6, 6.07) is 4.29. The van der Waals surface area contributed by atoms with Crippen LogP contribution < -0.4 is 21.7 Å². The number of hydrogen-bond donors (Lipinski definition) is 3. The molecule has 0 spiro atoms. The Kier molecular flexibility index (Phi) is 5.50. The van der Waals surface area contributed by atoms with Crippen LogP contribution in [0.4, 0.5) is 4.79 Å². The molecular weight excluding hydrogens is 334 g/mol. The van der Waals surface area contributed by atoms with E-state index in [-0.39, 0.29) is 5.56 Å². The van der Waals surface area contributed by atoms with Gasteiger partial charge in [0.1, 0.15) is 5.82 Å². The van der Waals surface area contributed by atoms with E-state index in [0.717, 1.165) is 37.9 Å². The SMILES string of the molecule is CCCCCNC(=O)NNC(=O)c1ccc2c(=O)n3c(nc2c1)CCC3. The second kappa shape index (κ2) is 7.99. The zero-order valence-electron chi connectivity index (χ0n) is 14.8. The first-order valence-electron chi connectivity index (χ1n) is 8.98. The number of urea groups is 1. The minimum Gasteiger partial charge on any atom is -0.337 e. The molecule has 0 atom stereocenters. The summed E-state index contributed by atoms with van der Waals surface area (Å²) in [6.07, 6.45) is 4.68. The van der Waals surface area contributed by atoms with Crippen LogP contribution in [0.2, 0.25) is 0 Å². The van der Waals surface area contributed by atoms with Crippen LogP contribution in [0.15, 0.2) is 23.0 Å². The minimum atomic E-state index is -0.460. The van der Waals surface area contributed by atoms with Crippen LogP contribution in [0.3, 0.4) is 0 Å². The maximum atomic E-state index is 12.4. The molecule has 26 heavy (non-hydrogen) atoms. The molecule has 2 aromatic rings. The molecule has 1 aromatic carbocycles. The van der Waals surface area contributed by atoms with Crippen LogP contribution in [0.1, 0.15) is 48.8 Å². The topological polar surface area (TPSA) is 105 Å². The lowest BCUT2D eigenvalue weighted by molar-refractivity contribution is 0.0936. The van der Waals surface area contributed by atoms with E-state index in [4.69, 9.17) is 0 Å². The summed E-state index contributed by atoms with van der Waals surface area (Å²) in [7, 11) is 0. The molecule has 0 fully saturated rings. The van der Waals surface area contributed by atoms with E-state index in [1.54, 1.807) is 22.8 Å². The largest absolute Gasteiger partial charge is 0.337 e. The molecule has 0 radical (unpaired) electrons. The van der Waals surface area contributed by atoms with E-state index in [2.05, 4.69) is 28.1 Å². The van der Waals surface area contributed by atoms with Crippen LogP contribution in [-0.2, 0) is 13.0 Å². The predicted octanol–water partition coefficient (Wildman–Crippen LogP) is 1.48. The number of carbonyl (C=O) groups is 2. The Hall–Kier alpha value is -2.90. The molecule has 8 heteroatoms. The molecule has 8 nitrogen and oxygen atoms in total. The highest BCUT2D eigenvalue weighted by molar-refractivity contribution is 5.98. The number of amides is 3. The molecule has 0 bridgehead atoms. The molecule has 0 aliphatic carbocycles. The lowest BCUT2D eigenvalue weighted by Crippen LogP contribution is -2.47. The van der Waals surface area contributed by atoms with Crippen molar-refractivity contribution in [1.29, 1.82) is 0 Å². The quantitative estimate of drug-likeness (QED) is 0.557. The first-order valence-corrected chi connectivity index (χ1v) is 8.98. The molecule has 3 amide bonds. The second-order valence-electron chi connectivity index (χ2n) is 6.36. The van der Waals surface area contributed by atoms with Gasteiger partial charge in [0.2, 0.25) is 0 Å². The zero-order chi connectivity index (χ0) is 18.5. The fraction of sp³-hybridized carbons (Fsp3) is 0.444. The Labute approximate surface area is 151 Å². The fourth-order valence-electron chi connectivity index (χ4n) is 3.03. The van der Waals surface area contributed by atoms with Crippen molar-refractivity contribution < 1.29 is 9.59 Å². The van der Waals surface area contributed by atoms with Crippen molar-refractivity contribution in [2.24, 2.45) is 0 Å². The summed E-state index contributed by atoms with van der Waals surface area (Å²) in [5.74, 6) is 0.294. The van der Waals surface area contributed by atoms with Gasteiger partial charge in [-0.2, -0.15) is 0 Å². The van der Waals surface area contributed by atoms with Gasteiger partial charge in [-0.05, 0) is 31.0 Å². The maximum absolute atomic E-state index is 12.4. The first kappa shape index (κ1) is 17.9. The van der Waals surface area contributed by atoms with Crippen LogP contribution in [0.25, 0.3) is 10.9 Å². The van der Waals surface area contributed by atoms with Crippen molar-refractivity contribution in [3.05, 3.63) is 39.9 Å². The number of hydrazine groups is 1. The number of fused-ring (bicyclic) bond motifs is 2. The summed E-state index contributed by atoms with van der Waals surface area (Å²) < 4.78 is 1.69. The third kappa shape index (κ3) is 3.84. The minimum absolute atomic E-state index is 0.0703. The summed E-state index contributed by atoms with van der Waals surface area (Å²) in [6.45, 7) is 3.34. The molecule has 3 rings (SSSR count). The highest BCUT2D eigenvalue weighted by Gasteiger charge is 2.17. The molecule has 0 unspecified atom stereocenters. The summed E-state index contributed by atoms with van der Waals surface area (Å²) in [4.78, 5) is 40.8. The molecule has 2 heterocycles. The van der Waals surface area contributed by atoms with Gasteiger partial charge in [-0.15, -0.1) is 0 Å². The van der Waals surface area contributed by atoms with Gasteiger partial charge in [-0.1, -0.05) is 19.8 Å². The summed E-state index contributed by atoms with van der Waals surface area (Å²) >= 11 is 0. The summed E-state index contributed by atoms with van der Waals surface area (Å²) in [5, 5.41) is 3.16. The molecule has 0 saturated heterocycles. The van der Waals surface area contributed by atoms with Crippen molar-refractivity contribution in [3.63, 3.8) is 0 Å². The third-order valence-electron chi connectivity index (χ3n) is 4.43. The maximum Gasteiger partial charge on any atom is 0.333 e. The normalized spacial score (nSPS) is 12.7. The predicted molar refractivity (Wildman–Crippen MR) is 97.8 cm³/mol. The standard InChI is InChI=1S/C18H23N5O3/c1-2-3-4-9-19-18(26)22-21-16(24)12-7-8-13-14(11-12)20-15-6-5-10-23(15)17(13)25/h7-8,11H,2-6,9-10H2,1H3,(H,21,24)(H2,19,22,26). The van der Waals surface area contributed by atoms with Crippen molar-refractivity contribution in [2.75, 3.05) is 6.54 Å². The van der Waals surface area contributed by atoms with Crippen LogP contribution in [0, 0.1) is 0 Å². The van der Waals surface area contributed by atoms with Gasteiger partial charge in [0.15, 0.2) is 0 Å². The van der Waals surface area contributed by atoms with Crippen LogP contribution in [-0.4, -0.2) is 28.0 Å². The molecule has 1 aromatic heterocycles. The zero-order valence-corrected chi connectivity index (χ0v) is 14.8. The average Bonchev–Trinajstić information content (AvgIpc) is 3.11.